The average Bonchev–Trinajstić information content (AvgIpc) is 2.39. The third kappa shape index (κ3) is 0.834. The van der Waals surface area contributed by atoms with Crippen LogP contribution < -0.4 is 5.32 Å². The van der Waals surface area contributed by atoms with Gasteiger partial charge in [0.15, 0.2) is 0 Å². The van der Waals surface area contributed by atoms with Crippen LogP contribution in [0.4, 0.5) is 0 Å². The van der Waals surface area contributed by atoms with Gasteiger partial charge in [-0.3, -0.25) is 0 Å². The molecule has 2 rings (SSSR count). The highest BCUT2D eigenvalue weighted by atomic mass is 15.0. The van der Waals surface area contributed by atoms with Gasteiger partial charge in [0.2, 0.25) is 0 Å². The van der Waals surface area contributed by atoms with Crippen molar-refractivity contribution in [3.63, 3.8) is 0 Å². The van der Waals surface area contributed by atoms with Gasteiger partial charge >= 0.3 is 0 Å². The van der Waals surface area contributed by atoms with E-state index in [9.17, 15) is 0 Å². The van der Waals surface area contributed by atoms with E-state index in [0.29, 0.717) is 10.8 Å². The summed E-state index contributed by atoms with van der Waals surface area (Å²) in [6, 6.07) is 0.740. The molecule has 1 heteroatoms. The van der Waals surface area contributed by atoms with Gasteiger partial charge < -0.3 is 5.32 Å². The van der Waals surface area contributed by atoms with Gasteiger partial charge in [-0.15, -0.1) is 0 Å². The number of hydrogen-bond acceptors (Lipinski definition) is 1. The molecule has 0 saturated heterocycles. The molecule has 0 amide bonds. The largest absolute Gasteiger partial charge is 0.316 e. The molecule has 0 radical (unpaired) electrons. The molecule has 12 heavy (non-hydrogen) atoms. The maximum atomic E-state index is 3.53. The van der Waals surface area contributed by atoms with E-state index in [0.717, 1.165) is 12.0 Å². The molecule has 1 N–H and O–H groups in total. The lowest BCUT2D eigenvalue weighted by Crippen LogP contribution is -2.48. The number of nitrogens with one attached hydrogen (secondary N) is 1. The van der Waals surface area contributed by atoms with Crippen LogP contribution in [0.5, 0.6) is 0 Å². The quantitative estimate of drug-likeness (QED) is 0.632. The normalized spacial score (nSPS) is 50.0. The van der Waals surface area contributed by atoms with E-state index in [1.807, 2.05) is 0 Å². The molecular weight excluding hydrogens is 146 g/mol. The van der Waals surface area contributed by atoms with Gasteiger partial charge in [-0.05, 0) is 43.1 Å². The number of hydrogen-bond donors (Lipinski definition) is 1. The summed E-state index contributed by atoms with van der Waals surface area (Å²) in [6.07, 6.45) is 4.35. The highest BCUT2D eigenvalue weighted by Crippen LogP contribution is 2.62. The van der Waals surface area contributed by atoms with Gasteiger partial charge in [-0.1, -0.05) is 20.8 Å². The molecule has 2 bridgehead atoms. The Morgan fingerprint density at radius 1 is 1.25 bits per heavy atom. The van der Waals surface area contributed by atoms with Crippen LogP contribution in [-0.2, 0) is 0 Å². The molecule has 0 spiro atoms. The van der Waals surface area contributed by atoms with Crippen LogP contribution in [0.15, 0.2) is 0 Å². The Morgan fingerprint density at radius 2 is 1.92 bits per heavy atom. The van der Waals surface area contributed by atoms with Crippen LogP contribution in [-0.4, -0.2) is 13.1 Å². The van der Waals surface area contributed by atoms with E-state index in [1.165, 1.54) is 19.3 Å². The molecule has 2 fully saturated rings. The zero-order valence-electron chi connectivity index (χ0n) is 8.78. The Morgan fingerprint density at radius 3 is 2.25 bits per heavy atom. The van der Waals surface area contributed by atoms with E-state index in [4.69, 9.17) is 0 Å². The third-order valence-electron chi connectivity index (χ3n) is 4.56. The second-order valence-electron chi connectivity index (χ2n) is 5.64. The summed E-state index contributed by atoms with van der Waals surface area (Å²) in [5.41, 5.74) is 1.13. The fourth-order valence-electron chi connectivity index (χ4n) is 4.02. The van der Waals surface area contributed by atoms with Crippen molar-refractivity contribution in [1.29, 1.82) is 0 Å². The molecule has 70 valence electrons. The predicted octanol–water partition coefficient (Wildman–Crippen LogP) is 2.42. The fourth-order valence-corrected chi connectivity index (χ4v) is 4.02. The van der Waals surface area contributed by atoms with Crippen molar-refractivity contribution in [3.05, 3.63) is 0 Å². The van der Waals surface area contributed by atoms with Gasteiger partial charge in [-0.2, -0.15) is 0 Å². The Balaban J connectivity index is 2.31. The van der Waals surface area contributed by atoms with Crippen LogP contribution in [0, 0.1) is 16.7 Å². The molecule has 2 aliphatic carbocycles. The molecule has 2 saturated carbocycles. The van der Waals surface area contributed by atoms with E-state index < -0.39 is 0 Å². The monoisotopic (exact) mass is 167 g/mol. The van der Waals surface area contributed by atoms with E-state index in [-0.39, 0.29) is 0 Å². The van der Waals surface area contributed by atoms with Crippen molar-refractivity contribution in [2.45, 2.75) is 46.1 Å². The summed E-state index contributed by atoms with van der Waals surface area (Å²) in [6.45, 7) is 7.33. The standard InChI is InChI=1S/C11H21N/c1-10(2)8-5-6-11(3,7-8)9(10)12-4/h8-9,12H,5-7H2,1-4H3. The Kier molecular flexibility index (Phi) is 1.61. The Hall–Kier alpha value is -0.0400. The molecule has 0 aromatic carbocycles. The minimum Gasteiger partial charge on any atom is -0.316 e. The molecule has 2 aliphatic rings. The van der Waals surface area contributed by atoms with Gasteiger partial charge in [-0.25, -0.2) is 0 Å². The maximum Gasteiger partial charge on any atom is 0.0172 e. The average molecular weight is 167 g/mol. The second kappa shape index (κ2) is 2.25. The van der Waals surface area contributed by atoms with Crippen molar-refractivity contribution in [1.82, 2.24) is 5.32 Å². The van der Waals surface area contributed by atoms with Crippen LogP contribution in [0.3, 0.4) is 0 Å². The number of fused-ring (bicyclic) bond motifs is 2. The summed E-state index contributed by atoms with van der Waals surface area (Å²) < 4.78 is 0. The highest BCUT2D eigenvalue weighted by Gasteiger charge is 2.58. The fraction of sp³-hybridized carbons (Fsp3) is 1.00. The van der Waals surface area contributed by atoms with Gasteiger partial charge in [0.05, 0.1) is 0 Å². The van der Waals surface area contributed by atoms with Crippen LogP contribution in [0.25, 0.3) is 0 Å². The first-order valence-corrected chi connectivity index (χ1v) is 5.18. The second-order valence-corrected chi connectivity index (χ2v) is 5.64. The van der Waals surface area contributed by atoms with Crippen LogP contribution in [0.2, 0.25) is 0 Å². The minimum atomic E-state index is 0.530. The third-order valence-corrected chi connectivity index (χ3v) is 4.56. The Bertz CT molecular complexity index is 192. The van der Waals surface area contributed by atoms with E-state index >= 15 is 0 Å². The van der Waals surface area contributed by atoms with Crippen molar-refractivity contribution < 1.29 is 0 Å². The molecule has 1 nitrogen and oxygen atoms in total. The molecule has 3 unspecified atom stereocenters. The lowest BCUT2D eigenvalue weighted by atomic mass is 9.68. The molecular formula is C11H21N. The number of rotatable bonds is 1. The van der Waals surface area contributed by atoms with Crippen molar-refractivity contribution in [2.75, 3.05) is 7.05 Å². The van der Waals surface area contributed by atoms with Gasteiger partial charge in [0.25, 0.3) is 0 Å². The van der Waals surface area contributed by atoms with E-state index in [2.05, 4.69) is 33.1 Å². The van der Waals surface area contributed by atoms with Gasteiger partial charge in [0.1, 0.15) is 0 Å². The summed E-state index contributed by atoms with van der Waals surface area (Å²) in [4.78, 5) is 0. The molecule has 0 heterocycles. The molecule has 0 aromatic rings. The molecule has 3 atom stereocenters. The zero-order chi connectivity index (χ0) is 8.98. The van der Waals surface area contributed by atoms with Crippen molar-refractivity contribution >= 4 is 0 Å². The van der Waals surface area contributed by atoms with Crippen LogP contribution in [0.1, 0.15) is 40.0 Å². The van der Waals surface area contributed by atoms with Gasteiger partial charge in [0, 0.05) is 6.04 Å². The summed E-state index contributed by atoms with van der Waals surface area (Å²) in [5, 5.41) is 3.53. The summed E-state index contributed by atoms with van der Waals surface area (Å²) in [7, 11) is 2.12. The smallest absolute Gasteiger partial charge is 0.0172 e. The maximum absolute atomic E-state index is 3.53. The first-order valence-electron chi connectivity index (χ1n) is 5.18. The molecule has 0 aromatic heterocycles. The van der Waals surface area contributed by atoms with Crippen molar-refractivity contribution in [2.24, 2.45) is 16.7 Å². The molecule has 0 aliphatic heterocycles. The first kappa shape index (κ1) is 8.55. The lowest BCUT2D eigenvalue weighted by Gasteiger charge is -2.42. The summed E-state index contributed by atoms with van der Waals surface area (Å²) >= 11 is 0. The lowest BCUT2D eigenvalue weighted by molar-refractivity contribution is 0.116. The highest BCUT2D eigenvalue weighted by molar-refractivity contribution is 5.11. The minimum absolute atomic E-state index is 0.530. The first-order chi connectivity index (χ1) is 5.50. The Labute approximate surface area is 75.9 Å². The van der Waals surface area contributed by atoms with E-state index in [1.54, 1.807) is 0 Å². The van der Waals surface area contributed by atoms with Crippen molar-refractivity contribution in [3.8, 4) is 0 Å². The summed E-state index contributed by atoms with van der Waals surface area (Å²) in [5.74, 6) is 0.972. The SMILES string of the molecule is CNC1C2(C)CCC(C2)C1(C)C. The van der Waals surface area contributed by atoms with Crippen LogP contribution >= 0.6 is 0 Å². The predicted molar refractivity (Wildman–Crippen MR) is 52.1 cm³/mol. The topological polar surface area (TPSA) is 12.0 Å². The zero-order valence-corrected chi connectivity index (χ0v) is 8.78.